The molecule has 1 rings (SSSR count). The Morgan fingerprint density at radius 3 is 2.35 bits per heavy atom. The van der Waals surface area contributed by atoms with E-state index in [1.165, 1.54) is 18.4 Å². The van der Waals surface area contributed by atoms with Crippen molar-refractivity contribution in [2.75, 3.05) is 19.6 Å². The van der Waals surface area contributed by atoms with Gasteiger partial charge in [-0.3, -0.25) is 4.90 Å². The first kappa shape index (κ1) is 14.7. The fourth-order valence-electron chi connectivity index (χ4n) is 2.52. The quantitative estimate of drug-likeness (QED) is 0.716. The molecule has 0 aliphatic heterocycles. The summed E-state index contributed by atoms with van der Waals surface area (Å²) in [5.74, 6) is 0.827. The topological polar surface area (TPSA) is 15.3 Å². The number of nitrogens with zero attached hydrogens (tertiary/aromatic N) is 1. The standard InChI is InChI=1S/C15H30N2/c1-7-17(11-12(2)3)14-9-8-13(14)10-16-15(4,5)6/h13-14,16H,2,7-11H2,1,3-6H3. The maximum Gasteiger partial charge on any atom is 0.0190 e. The van der Waals surface area contributed by atoms with Crippen LogP contribution in [0, 0.1) is 5.92 Å². The van der Waals surface area contributed by atoms with Crippen molar-refractivity contribution in [1.29, 1.82) is 0 Å². The highest BCUT2D eigenvalue weighted by molar-refractivity contribution is 4.98. The lowest BCUT2D eigenvalue weighted by molar-refractivity contribution is 0.0698. The van der Waals surface area contributed by atoms with Gasteiger partial charge in [-0.1, -0.05) is 19.1 Å². The van der Waals surface area contributed by atoms with Crippen LogP contribution in [0.15, 0.2) is 12.2 Å². The smallest absolute Gasteiger partial charge is 0.0190 e. The number of hydrogen-bond acceptors (Lipinski definition) is 2. The molecule has 2 nitrogen and oxygen atoms in total. The van der Waals surface area contributed by atoms with Gasteiger partial charge < -0.3 is 5.32 Å². The van der Waals surface area contributed by atoms with Gasteiger partial charge in [0.05, 0.1) is 0 Å². The van der Waals surface area contributed by atoms with Gasteiger partial charge in [0.25, 0.3) is 0 Å². The summed E-state index contributed by atoms with van der Waals surface area (Å²) >= 11 is 0. The molecule has 2 heteroatoms. The monoisotopic (exact) mass is 238 g/mol. The highest BCUT2D eigenvalue weighted by Gasteiger charge is 2.34. The van der Waals surface area contributed by atoms with E-state index >= 15 is 0 Å². The summed E-state index contributed by atoms with van der Waals surface area (Å²) in [6.07, 6.45) is 2.73. The van der Waals surface area contributed by atoms with Crippen molar-refractivity contribution in [3.63, 3.8) is 0 Å². The van der Waals surface area contributed by atoms with Gasteiger partial charge in [-0.25, -0.2) is 0 Å². The third-order valence-electron chi connectivity index (χ3n) is 3.62. The van der Waals surface area contributed by atoms with E-state index in [0.29, 0.717) is 0 Å². The van der Waals surface area contributed by atoms with Crippen LogP contribution >= 0.6 is 0 Å². The fraction of sp³-hybridized carbons (Fsp3) is 0.867. The first-order valence-electron chi connectivity index (χ1n) is 6.97. The molecule has 0 saturated heterocycles. The summed E-state index contributed by atoms with van der Waals surface area (Å²) in [7, 11) is 0. The Balaban J connectivity index is 2.41. The molecule has 2 unspecified atom stereocenters. The SMILES string of the molecule is C=C(C)CN(CC)C1CCC1CNC(C)(C)C. The van der Waals surface area contributed by atoms with Crippen molar-refractivity contribution in [2.24, 2.45) is 5.92 Å². The first-order valence-corrected chi connectivity index (χ1v) is 6.97. The predicted molar refractivity (Wildman–Crippen MR) is 76.3 cm³/mol. The number of rotatable bonds is 6. The Labute approximate surface area is 107 Å². The molecule has 1 aliphatic rings. The Kier molecular flexibility index (Phi) is 5.21. The summed E-state index contributed by atoms with van der Waals surface area (Å²) in [5.41, 5.74) is 1.52. The zero-order valence-corrected chi connectivity index (χ0v) is 12.3. The van der Waals surface area contributed by atoms with Crippen LogP contribution in [0.4, 0.5) is 0 Å². The van der Waals surface area contributed by atoms with E-state index in [1.807, 2.05) is 0 Å². The van der Waals surface area contributed by atoms with Gasteiger partial charge in [0, 0.05) is 18.1 Å². The number of nitrogens with one attached hydrogen (secondary N) is 1. The van der Waals surface area contributed by atoms with E-state index in [1.54, 1.807) is 0 Å². The molecule has 0 aromatic rings. The van der Waals surface area contributed by atoms with Crippen LogP contribution in [0.5, 0.6) is 0 Å². The van der Waals surface area contributed by atoms with Gasteiger partial charge in [-0.2, -0.15) is 0 Å². The lowest BCUT2D eigenvalue weighted by atomic mass is 9.78. The maximum absolute atomic E-state index is 4.04. The molecule has 100 valence electrons. The minimum atomic E-state index is 0.242. The molecule has 0 bridgehead atoms. The predicted octanol–water partition coefficient (Wildman–Crippen LogP) is 3.05. The lowest BCUT2D eigenvalue weighted by Crippen LogP contribution is -2.53. The van der Waals surface area contributed by atoms with Crippen LogP contribution in [0.2, 0.25) is 0 Å². The van der Waals surface area contributed by atoms with E-state index in [-0.39, 0.29) is 5.54 Å². The van der Waals surface area contributed by atoms with Crippen LogP contribution in [0.3, 0.4) is 0 Å². The van der Waals surface area contributed by atoms with Crippen LogP contribution in [-0.2, 0) is 0 Å². The van der Waals surface area contributed by atoms with Crippen LogP contribution in [0.1, 0.15) is 47.5 Å². The molecule has 1 fully saturated rings. The second kappa shape index (κ2) is 6.01. The van der Waals surface area contributed by atoms with Crippen molar-refractivity contribution in [3.8, 4) is 0 Å². The minimum absolute atomic E-state index is 0.242. The lowest BCUT2D eigenvalue weighted by Gasteiger charge is -2.45. The molecule has 0 aromatic carbocycles. The average molecular weight is 238 g/mol. The zero-order chi connectivity index (χ0) is 13.1. The normalized spacial score (nSPS) is 24.8. The highest BCUT2D eigenvalue weighted by atomic mass is 15.2. The van der Waals surface area contributed by atoms with E-state index in [0.717, 1.165) is 31.6 Å². The highest BCUT2D eigenvalue weighted by Crippen LogP contribution is 2.32. The third kappa shape index (κ3) is 4.81. The molecule has 0 radical (unpaired) electrons. The summed E-state index contributed by atoms with van der Waals surface area (Å²) < 4.78 is 0. The second-order valence-corrected chi connectivity index (χ2v) is 6.56. The summed E-state index contributed by atoms with van der Waals surface area (Å²) in [6, 6.07) is 0.770. The largest absolute Gasteiger partial charge is 0.312 e. The van der Waals surface area contributed by atoms with Crippen LogP contribution in [-0.4, -0.2) is 36.1 Å². The summed E-state index contributed by atoms with van der Waals surface area (Å²) in [5, 5.41) is 3.64. The van der Waals surface area contributed by atoms with Gasteiger partial charge in [-0.15, -0.1) is 0 Å². The molecule has 0 heterocycles. The number of likely N-dealkylation sites (N-methyl/N-ethyl adjacent to an activating group) is 1. The van der Waals surface area contributed by atoms with Crippen LogP contribution < -0.4 is 5.32 Å². The molecule has 17 heavy (non-hydrogen) atoms. The Bertz CT molecular complexity index is 252. The molecule has 1 saturated carbocycles. The summed E-state index contributed by atoms with van der Waals surface area (Å²) in [4.78, 5) is 2.58. The van der Waals surface area contributed by atoms with Gasteiger partial charge >= 0.3 is 0 Å². The fourth-order valence-corrected chi connectivity index (χ4v) is 2.52. The molecule has 0 spiro atoms. The summed E-state index contributed by atoms with van der Waals surface area (Å²) in [6.45, 7) is 18.5. The van der Waals surface area contributed by atoms with Crippen molar-refractivity contribution in [3.05, 3.63) is 12.2 Å². The average Bonchev–Trinajstić information content (AvgIpc) is 2.12. The van der Waals surface area contributed by atoms with Gasteiger partial charge in [0.1, 0.15) is 0 Å². The Morgan fingerprint density at radius 1 is 1.35 bits per heavy atom. The van der Waals surface area contributed by atoms with E-state index < -0.39 is 0 Å². The maximum atomic E-state index is 4.04. The zero-order valence-electron chi connectivity index (χ0n) is 12.3. The minimum Gasteiger partial charge on any atom is -0.312 e. The molecule has 2 atom stereocenters. The van der Waals surface area contributed by atoms with E-state index in [9.17, 15) is 0 Å². The molecule has 0 aromatic heterocycles. The first-order chi connectivity index (χ1) is 7.83. The van der Waals surface area contributed by atoms with Gasteiger partial charge in [0.2, 0.25) is 0 Å². The van der Waals surface area contributed by atoms with Crippen LogP contribution in [0.25, 0.3) is 0 Å². The molecular formula is C15H30N2. The second-order valence-electron chi connectivity index (χ2n) is 6.56. The third-order valence-corrected chi connectivity index (χ3v) is 3.62. The Morgan fingerprint density at radius 2 is 2.00 bits per heavy atom. The van der Waals surface area contributed by atoms with E-state index in [2.05, 4.69) is 51.4 Å². The molecule has 1 N–H and O–H groups in total. The van der Waals surface area contributed by atoms with Crippen molar-refractivity contribution >= 4 is 0 Å². The van der Waals surface area contributed by atoms with Crippen molar-refractivity contribution in [2.45, 2.75) is 59.0 Å². The molecule has 1 aliphatic carbocycles. The molecular weight excluding hydrogens is 208 g/mol. The van der Waals surface area contributed by atoms with Gasteiger partial charge in [0.15, 0.2) is 0 Å². The van der Waals surface area contributed by atoms with Gasteiger partial charge in [-0.05, 0) is 59.5 Å². The van der Waals surface area contributed by atoms with Crippen molar-refractivity contribution in [1.82, 2.24) is 10.2 Å². The van der Waals surface area contributed by atoms with E-state index in [4.69, 9.17) is 0 Å². The number of hydrogen-bond donors (Lipinski definition) is 1. The Hall–Kier alpha value is -0.340. The van der Waals surface area contributed by atoms with Crippen molar-refractivity contribution < 1.29 is 0 Å². The molecule has 0 amide bonds.